The lowest BCUT2D eigenvalue weighted by Gasteiger charge is -2.32. The smallest absolute Gasteiger partial charge is 0.274 e. The molecule has 10 nitrogen and oxygen atoms in total. The summed E-state index contributed by atoms with van der Waals surface area (Å²) in [6.07, 6.45) is 3.59. The lowest BCUT2D eigenvalue weighted by atomic mass is 10.1. The molecule has 0 radical (unpaired) electrons. The number of hydrogen-bond acceptors (Lipinski definition) is 10. The first-order valence-corrected chi connectivity index (χ1v) is 14.0. The Morgan fingerprint density at radius 2 is 1.78 bits per heavy atom. The van der Waals surface area contributed by atoms with Crippen LogP contribution < -0.4 is 20.0 Å². The summed E-state index contributed by atoms with van der Waals surface area (Å²) in [5.74, 6) is 1.35. The summed E-state index contributed by atoms with van der Waals surface area (Å²) in [6, 6.07) is 7.63. The van der Waals surface area contributed by atoms with Crippen LogP contribution in [0, 0.1) is 0 Å². The predicted molar refractivity (Wildman–Crippen MR) is 146 cm³/mol. The highest BCUT2D eigenvalue weighted by Gasteiger charge is 2.24. The highest BCUT2D eigenvalue weighted by molar-refractivity contribution is 7.22. The van der Waals surface area contributed by atoms with Crippen LogP contribution >= 0.6 is 11.3 Å². The molecule has 0 spiro atoms. The minimum atomic E-state index is -0.236. The third kappa shape index (κ3) is 5.34. The van der Waals surface area contributed by atoms with Crippen LogP contribution in [0.2, 0.25) is 0 Å². The molecule has 0 saturated carbocycles. The number of morpholine rings is 2. The summed E-state index contributed by atoms with van der Waals surface area (Å²) in [4.78, 5) is 34.6. The molecule has 3 aliphatic rings. The second-order valence-corrected chi connectivity index (χ2v) is 10.8. The Bertz CT molecular complexity index is 1260. The molecule has 0 unspecified atom stereocenters. The van der Waals surface area contributed by atoms with Gasteiger partial charge < -0.3 is 29.5 Å². The van der Waals surface area contributed by atoms with E-state index in [4.69, 9.17) is 24.4 Å². The summed E-state index contributed by atoms with van der Waals surface area (Å²) in [6.45, 7) is 9.14. The van der Waals surface area contributed by atoms with E-state index in [1.165, 1.54) is 6.42 Å². The number of nitrogens with zero attached hydrogens (tertiary/aromatic N) is 6. The first-order chi connectivity index (χ1) is 18.1. The van der Waals surface area contributed by atoms with Gasteiger partial charge in [0, 0.05) is 39.3 Å². The van der Waals surface area contributed by atoms with Crippen molar-refractivity contribution in [3.8, 4) is 0 Å². The number of carbonyl (C=O) groups excluding carboxylic acids is 1. The fourth-order valence-electron chi connectivity index (χ4n) is 5.11. The van der Waals surface area contributed by atoms with Gasteiger partial charge in [0.15, 0.2) is 16.6 Å². The van der Waals surface area contributed by atoms with Gasteiger partial charge in [-0.15, -0.1) is 0 Å². The molecule has 0 bridgehead atoms. The number of pyridine rings is 2. The number of fused-ring (bicyclic) bond motifs is 1. The number of ether oxygens (including phenoxy) is 2. The van der Waals surface area contributed by atoms with Gasteiger partial charge in [0.25, 0.3) is 5.91 Å². The second-order valence-electron chi connectivity index (χ2n) is 9.79. The van der Waals surface area contributed by atoms with Crippen molar-refractivity contribution in [2.24, 2.45) is 0 Å². The first-order valence-electron chi connectivity index (χ1n) is 13.2. The van der Waals surface area contributed by atoms with Crippen molar-refractivity contribution in [1.29, 1.82) is 0 Å². The van der Waals surface area contributed by atoms with Gasteiger partial charge in [-0.05, 0) is 44.4 Å². The number of piperidine rings is 1. The zero-order chi connectivity index (χ0) is 25.2. The SMILES string of the molecule is C[C@H]1CN(c2cccc(C(=O)Nc3cc4sc(N5CCOCC5)nc4nc3N3CCCCC3)n2)CCO1. The van der Waals surface area contributed by atoms with Crippen LogP contribution in [0.5, 0.6) is 0 Å². The maximum Gasteiger partial charge on any atom is 0.274 e. The Balaban J connectivity index is 1.29. The monoisotopic (exact) mass is 523 g/mol. The number of aromatic nitrogens is 3. The topological polar surface area (TPSA) is 96.0 Å². The molecule has 3 fully saturated rings. The number of thiazole rings is 1. The molecule has 3 aromatic heterocycles. The highest BCUT2D eigenvalue weighted by Crippen LogP contribution is 2.35. The normalized spacial score (nSPS) is 20.9. The highest BCUT2D eigenvalue weighted by atomic mass is 32.1. The quantitative estimate of drug-likeness (QED) is 0.540. The molecule has 3 aromatic rings. The second kappa shape index (κ2) is 10.8. The summed E-state index contributed by atoms with van der Waals surface area (Å²) in [5, 5.41) is 4.09. The van der Waals surface area contributed by atoms with Gasteiger partial charge in [0.2, 0.25) is 0 Å². The molecule has 3 saturated heterocycles. The molecular formula is C26H33N7O3S. The fraction of sp³-hybridized carbons (Fsp3) is 0.538. The average molecular weight is 524 g/mol. The molecule has 1 N–H and O–H groups in total. The summed E-state index contributed by atoms with van der Waals surface area (Å²) < 4.78 is 12.1. The van der Waals surface area contributed by atoms with E-state index in [2.05, 4.69) is 26.9 Å². The molecular weight excluding hydrogens is 490 g/mol. The van der Waals surface area contributed by atoms with E-state index in [0.717, 1.165) is 79.2 Å². The van der Waals surface area contributed by atoms with Crippen molar-refractivity contribution >= 4 is 50.0 Å². The van der Waals surface area contributed by atoms with E-state index < -0.39 is 0 Å². The lowest BCUT2D eigenvalue weighted by Crippen LogP contribution is -2.41. The Morgan fingerprint density at radius 3 is 2.59 bits per heavy atom. The van der Waals surface area contributed by atoms with Gasteiger partial charge in [-0.1, -0.05) is 17.4 Å². The van der Waals surface area contributed by atoms with Crippen molar-refractivity contribution in [3.63, 3.8) is 0 Å². The van der Waals surface area contributed by atoms with Crippen LogP contribution in [0.3, 0.4) is 0 Å². The molecule has 196 valence electrons. The fourth-order valence-corrected chi connectivity index (χ4v) is 6.11. The maximum atomic E-state index is 13.4. The minimum Gasteiger partial charge on any atom is -0.378 e. The molecule has 3 aliphatic heterocycles. The van der Waals surface area contributed by atoms with Crippen molar-refractivity contribution in [2.75, 3.05) is 79.1 Å². The van der Waals surface area contributed by atoms with Crippen LogP contribution in [0.1, 0.15) is 36.7 Å². The van der Waals surface area contributed by atoms with Crippen molar-refractivity contribution < 1.29 is 14.3 Å². The zero-order valence-corrected chi connectivity index (χ0v) is 22.0. The third-order valence-electron chi connectivity index (χ3n) is 7.07. The van der Waals surface area contributed by atoms with Crippen LogP contribution in [0.25, 0.3) is 10.3 Å². The van der Waals surface area contributed by atoms with Gasteiger partial charge >= 0.3 is 0 Å². The van der Waals surface area contributed by atoms with E-state index in [1.807, 2.05) is 18.2 Å². The summed E-state index contributed by atoms with van der Waals surface area (Å²) in [7, 11) is 0. The number of hydrogen-bond donors (Lipinski definition) is 1. The molecule has 1 atom stereocenters. The summed E-state index contributed by atoms with van der Waals surface area (Å²) >= 11 is 1.61. The molecule has 6 heterocycles. The number of rotatable bonds is 5. The Hall–Kier alpha value is -3.02. The van der Waals surface area contributed by atoms with Gasteiger partial charge in [0.05, 0.1) is 36.3 Å². The Labute approximate surface area is 220 Å². The molecule has 37 heavy (non-hydrogen) atoms. The number of amides is 1. The standard InChI is InChI=1S/C26H33N7O3S/c1-18-17-33(12-15-36-18)22-7-5-6-19(27-22)25(34)28-20-16-21-23(29-24(20)31-8-3-2-4-9-31)30-26(37-21)32-10-13-35-14-11-32/h5-7,16,18H,2-4,8-15,17H2,1H3,(H,28,34)/t18-/m0/s1. The van der Waals surface area contributed by atoms with Crippen molar-refractivity contribution in [2.45, 2.75) is 32.3 Å². The van der Waals surface area contributed by atoms with Crippen LogP contribution in [0.4, 0.5) is 22.5 Å². The average Bonchev–Trinajstić information content (AvgIpc) is 3.37. The predicted octanol–water partition coefficient (Wildman–Crippen LogP) is 3.39. The molecule has 0 aliphatic carbocycles. The number of nitrogens with one attached hydrogen (secondary N) is 1. The van der Waals surface area contributed by atoms with Gasteiger partial charge in [-0.3, -0.25) is 4.79 Å². The Morgan fingerprint density at radius 1 is 0.973 bits per heavy atom. The third-order valence-corrected chi connectivity index (χ3v) is 8.12. The Kier molecular flexibility index (Phi) is 7.08. The van der Waals surface area contributed by atoms with Gasteiger partial charge in [-0.25, -0.2) is 9.97 Å². The number of anilines is 4. The van der Waals surface area contributed by atoms with Gasteiger partial charge in [0.1, 0.15) is 11.5 Å². The van der Waals surface area contributed by atoms with Crippen LogP contribution in [0.15, 0.2) is 24.3 Å². The molecule has 11 heteroatoms. The van der Waals surface area contributed by atoms with E-state index in [1.54, 1.807) is 17.4 Å². The summed E-state index contributed by atoms with van der Waals surface area (Å²) in [5.41, 5.74) is 1.83. The van der Waals surface area contributed by atoms with Crippen LogP contribution in [-0.4, -0.2) is 86.1 Å². The van der Waals surface area contributed by atoms with E-state index in [9.17, 15) is 4.79 Å². The van der Waals surface area contributed by atoms with Crippen molar-refractivity contribution in [1.82, 2.24) is 15.0 Å². The number of carbonyl (C=O) groups is 1. The van der Waals surface area contributed by atoms with Crippen molar-refractivity contribution in [3.05, 3.63) is 30.0 Å². The largest absolute Gasteiger partial charge is 0.378 e. The molecule has 0 aromatic carbocycles. The maximum absolute atomic E-state index is 13.4. The lowest BCUT2D eigenvalue weighted by molar-refractivity contribution is 0.0529. The van der Waals surface area contributed by atoms with E-state index in [0.29, 0.717) is 31.2 Å². The molecule has 1 amide bonds. The van der Waals surface area contributed by atoms with Crippen LogP contribution in [-0.2, 0) is 9.47 Å². The molecule has 6 rings (SSSR count). The van der Waals surface area contributed by atoms with Gasteiger partial charge in [-0.2, -0.15) is 4.98 Å². The first kappa shape index (κ1) is 24.3. The zero-order valence-electron chi connectivity index (χ0n) is 21.2. The van der Waals surface area contributed by atoms with E-state index >= 15 is 0 Å². The minimum absolute atomic E-state index is 0.139. The van der Waals surface area contributed by atoms with E-state index in [-0.39, 0.29) is 12.0 Å².